The number of amides is 1. The van der Waals surface area contributed by atoms with Crippen LogP contribution in [-0.2, 0) is 14.3 Å². The third-order valence-electron chi connectivity index (χ3n) is 3.60. The summed E-state index contributed by atoms with van der Waals surface area (Å²) < 4.78 is 14.9. The zero-order valence-electron chi connectivity index (χ0n) is 14.9. The van der Waals surface area contributed by atoms with Crippen molar-refractivity contribution in [2.45, 2.75) is 13.0 Å². The zero-order valence-corrected chi connectivity index (χ0v) is 15.7. The molecule has 0 fully saturated rings. The van der Waals surface area contributed by atoms with Gasteiger partial charge in [-0.2, -0.15) is 0 Å². The summed E-state index contributed by atoms with van der Waals surface area (Å²) >= 11 is 5.81. The number of anilines is 1. The smallest absolute Gasteiger partial charge is 0.339 e. The third-order valence-corrected chi connectivity index (χ3v) is 3.85. The average Bonchev–Trinajstić information content (AvgIpc) is 2.68. The molecule has 0 aliphatic rings. The Kier molecular flexibility index (Phi) is 6.79. The highest BCUT2D eigenvalue weighted by molar-refractivity contribution is 6.30. The Morgan fingerprint density at radius 2 is 1.59 bits per heavy atom. The van der Waals surface area contributed by atoms with Crippen LogP contribution < -0.4 is 10.1 Å². The molecule has 0 heterocycles. The van der Waals surface area contributed by atoms with Crippen molar-refractivity contribution in [1.29, 1.82) is 0 Å². The Labute approximate surface area is 161 Å². The van der Waals surface area contributed by atoms with E-state index in [-0.39, 0.29) is 16.8 Å². The summed E-state index contributed by atoms with van der Waals surface area (Å²) in [5.74, 6) is -1.32. The van der Waals surface area contributed by atoms with Crippen molar-refractivity contribution in [2.24, 2.45) is 0 Å². The van der Waals surface area contributed by atoms with Gasteiger partial charge in [0.2, 0.25) is 0 Å². The number of hydrogen-bond acceptors (Lipinski definition) is 6. The Morgan fingerprint density at radius 1 is 0.963 bits per heavy atom. The quantitative estimate of drug-likeness (QED) is 0.759. The van der Waals surface area contributed by atoms with Crippen LogP contribution in [0.2, 0.25) is 5.02 Å². The van der Waals surface area contributed by atoms with Gasteiger partial charge in [-0.05, 0) is 49.4 Å². The first-order chi connectivity index (χ1) is 12.8. The maximum absolute atomic E-state index is 12.5. The Hall–Kier alpha value is -3.06. The predicted molar refractivity (Wildman–Crippen MR) is 99.3 cm³/mol. The second kappa shape index (κ2) is 9.05. The van der Waals surface area contributed by atoms with Crippen LogP contribution in [0, 0.1) is 0 Å². The van der Waals surface area contributed by atoms with Gasteiger partial charge in [-0.3, -0.25) is 4.79 Å². The lowest BCUT2D eigenvalue weighted by Gasteiger charge is -2.16. The molecule has 0 radical (unpaired) electrons. The second-order valence-corrected chi connectivity index (χ2v) is 5.88. The molecule has 0 unspecified atom stereocenters. The van der Waals surface area contributed by atoms with Gasteiger partial charge < -0.3 is 19.5 Å². The standard InChI is InChI=1S/C19H18ClNO6/c1-11(27-14-7-5-13(20)6-8-14)17(22)21-16-10-12(18(23)25-2)4-9-15(16)19(24)26-3/h4-11H,1-3H3,(H,21,22)/t11-/m1/s1. The molecule has 0 saturated heterocycles. The molecule has 7 nitrogen and oxygen atoms in total. The van der Waals surface area contributed by atoms with Gasteiger partial charge in [-0.1, -0.05) is 11.6 Å². The van der Waals surface area contributed by atoms with E-state index in [0.717, 1.165) is 0 Å². The van der Waals surface area contributed by atoms with Gasteiger partial charge in [0, 0.05) is 5.02 Å². The number of ether oxygens (including phenoxy) is 3. The molecule has 0 aliphatic carbocycles. The molecule has 2 aromatic carbocycles. The topological polar surface area (TPSA) is 90.9 Å². The van der Waals surface area contributed by atoms with Crippen LogP contribution in [0.4, 0.5) is 5.69 Å². The molecule has 0 spiro atoms. The number of methoxy groups -OCH3 is 2. The Balaban J connectivity index is 2.22. The highest BCUT2D eigenvalue weighted by atomic mass is 35.5. The van der Waals surface area contributed by atoms with Crippen LogP contribution in [0.5, 0.6) is 5.75 Å². The number of nitrogens with one attached hydrogen (secondary N) is 1. The minimum Gasteiger partial charge on any atom is -0.481 e. The van der Waals surface area contributed by atoms with Gasteiger partial charge in [-0.25, -0.2) is 9.59 Å². The fourth-order valence-corrected chi connectivity index (χ4v) is 2.31. The number of halogens is 1. The summed E-state index contributed by atoms with van der Waals surface area (Å²) in [5, 5.41) is 3.12. The maximum Gasteiger partial charge on any atom is 0.339 e. The van der Waals surface area contributed by atoms with Crippen molar-refractivity contribution < 1.29 is 28.6 Å². The summed E-state index contributed by atoms with van der Waals surface area (Å²) in [7, 11) is 2.45. The Morgan fingerprint density at radius 3 is 2.19 bits per heavy atom. The normalized spacial score (nSPS) is 11.3. The molecule has 0 bridgehead atoms. The molecule has 2 rings (SSSR count). The van der Waals surface area contributed by atoms with Crippen LogP contribution >= 0.6 is 11.6 Å². The summed E-state index contributed by atoms with van der Waals surface area (Å²) in [5.41, 5.74) is 0.380. The molecule has 1 atom stereocenters. The minimum absolute atomic E-state index is 0.0946. The monoisotopic (exact) mass is 391 g/mol. The minimum atomic E-state index is -0.876. The fourth-order valence-electron chi connectivity index (χ4n) is 2.19. The van der Waals surface area contributed by atoms with Crippen LogP contribution in [0.3, 0.4) is 0 Å². The summed E-state index contributed by atoms with van der Waals surface area (Å²) in [6.07, 6.45) is -0.876. The van der Waals surface area contributed by atoms with E-state index in [4.69, 9.17) is 21.1 Å². The number of rotatable bonds is 6. The number of carbonyl (C=O) groups is 3. The van der Waals surface area contributed by atoms with E-state index in [1.807, 2.05) is 0 Å². The molecule has 8 heteroatoms. The van der Waals surface area contributed by atoms with Gasteiger partial charge >= 0.3 is 11.9 Å². The lowest BCUT2D eigenvalue weighted by molar-refractivity contribution is -0.122. The van der Waals surface area contributed by atoms with Crippen molar-refractivity contribution in [3.05, 3.63) is 58.6 Å². The molecule has 0 saturated carbocycles. The van der Waals surface area contributed by atoms with Gasteiger partial charge in [0.05, 0.1) is 31.0 Å². The zero-order chi connectivity index (χ0) is 20.0. The van der Waals surface area contributed by atoms with Gasteiger partial charge in [0.25, 0.3) is 5.91 Å². The van der Waals surface area contributed by atoms with E-state index < -0.39 is 23.9 Å². The van der Waals surface area contributed by atoms with Crippen molar-refractivity contribution in [2.75, 3.05) is 19.5 Å². The van der Waals surface area contributed by atoms with E-state index in [1.54, 1.807) is 31.2 Å². The number of hydrogen-bond donors (Lipinski definition) is 1. The van der Waals surface area contributed by atoms with E-state index >= 15 is 0 Å². The molecule has 0 aliphatic heterocycles. The number of benzene rings is 2. The number of esters is 2. The van der Waals surface area contributed by atoms with Crippen LogP contribution in [0.25, 0.3) is 0 Å². The molecule has 1 N–H and O–H groups in total. The SMILES string of the molecule is COC(=O)c1ccc(C(=O)OC)c(NC(=O)[C@@H](C)Oc2ccc(Cl)cc2)c1. The van der Waals surface area contributed by atoms with Gasteiger partial charge in [-0.15, -0.1) is 0 Å². The summed E-state index contributed by atoms with van der Waals surface area (Å²) in [6, 6.07) is 10.6. The number of carbonyl (C=O) groups excluding carboxylic acids is 3. The highest BCUT2D eigenvalue weighted by Crippen LogP contribution is 2.21. The third kappa shape index (κ3) is 5.21. The molecule has 27 heavy (non-hydrogen) atoms. The van der Waals surface area contributed by atoms with E-state index in [1.165, 1.54) is 32.4 Å². The van der Waals surface area contributed by atoms with E-state index in [0.29, 0.717) is 10.8 Å². The van der Waals surface area contributed by atoms with E-state index in [2.05, 4.69) is 10.1 Å². The lowest BCUT2D eigenvalue weighted by atomic mass is 10.1. The van der Waals surface area contributed by atoms with Crippen LogP contribution in [0.1, 0.15) is 27.6 Å². The molecule has 1 amide bonds. The van der Waals surface area contributed by atoms with Crippen LogP contribution in [0.15, 0.2) is 42.5 Å². The van der Waals surface area contributed by atoms with Crippen molar-refractivity contribution in [3.63, 3.8) is 0 Å². The van der Waals surface area contributed by atoms with Crippen molar-refractivity contribution in [3.8, 4) is 5.75 Å². The summed E-state index contributed by atoms with van der Waals surface area (Å²) in [6.45, 7) is 1.55. The van der Waals surface area contributed by atoms with Crippen LogP contribution in [-0.4, -0.2) is 38.2 Å². The predicted octanol–water partition coefficient (Wildman–Crippen LogP) is 3.32. The maximum atomic E-state index is 12.5. The van der Waals surface area contributed by atoms with Crippen molar-refractivity contribution in [1.82, 2.24) is 0 Å². The van der Waals surface area contributed by atoms with E-state index in [9.17, 15) is 14.4 Å². The van der Waals surface area contributed by atoms with Crippen molar-refractivity contribution >= 4 is 35.1 Å². The molecule has 2 aromatic rings. The van der Waals surface area contributed by atoms with Gasteiger partial charge in [0.15, 0.2) is 6.10 Å². The first-order valence-corrected chi connectivity index (χ1v) is 8.27. The summed E-state index contributed by atoms with van der Waals surface area (Å²) in [4.78, 5) is 36.1. The largest absolute Gasteiger partial charge is 0.481 e. The fraction of sp³-hybridized carbons (Fsp3) is 0.211. The lowest BCUT2D eigenvalue weighted by Crippen LogP contribution is -2.31. The highest BCUT2D eigenvalue weighted by Gasteiger charge is 2.21. The molecular formula is C19H18ClNO6. The second-order valence-electron chi connectivity index (χ2n) is 5.45. The van der Waals surface area contributed by atoms with Gasteiger partial charge in [0.1, 0.15) is 5.75 Å². The molecule has 0 aromatic heterocycles. The molecular weight excluding hydrogens is 374 g/mol. The average molecular weight is 392 g/mol. The Bertz CT molecular complexity index is 850. The first-order valence-electron chi connectivity index (χ1n) is 7.89. The molecule has 142 valence electrons. The first kappa shape index (κ1) is 20.3.